The summed E-state index contributed by atoms with van der Waals surface area (Å²) in [7, 11) is 0. The third-order valence-corrected chi connectivity index (χ3v) is 3.78. The van der Waals surface area contributed by atoms with Crippen LogP contribution in [-0.2, 0) is 11.3 Å². The van der Waals surface area contributed by atoms with Crippen molar-refractivity contribution in [2.45, 2.75) is 25.9 Å². The highest BCUT2D eigenvalue weighted by Gasteiger charge is 2.12. The van der Waals surface area contributed by atoms with Gasteiger partial charge in [0.1, 0.15) is 5.82 Å². The zero-order valence-corrected chi connectivity index (χ0v) is 11.2. The van der Waals surface area contributed by atoms with Crippen LogP contribution in [0.15, 0.2) is 18.2 Å². The third-order valence-electron chi connectivity index (χ3n) is 3.36. The molecule has 1 aliphatic heterocycles. The summed E-state index contributed by atoms with van der Waals surface area (Å²) in [5, 5.41) is 3.56. The molecule has 1 heterocycles. The van der Waals surface area contributed by atoms with E-state index in [2.05, 4.69) is 5.32 Å². The van der Waals surface area contributed by atoms with Crippen molar-refractivity contribution in [2.24, 2.45) is 5.92 Å². The molecule has 1 aliphatic rings. The normalized spacial score (nSPS) is 20.0. The number of halogens is 2. The monoisotopic (exact) mass is 271 g/mol. The third kappa shape index (κ3) is 3.94. The Morgan fingerprint density at radius 1 is 1.44 bits per heavy atom. The van der Waals surface area contributed by atoms with Gasteiger partial charge in [0.05, 0.1) is 11.6 Å². The Morgan fingerprint density at radius 2 is 2.33 bits per heavy atom. The van der Waals surface area contributed by atoms with Gasteiger partial charge in [0.15, 0.2) is 0 Å². The molecule has 4 heteroatoms. The van der Waals surface area contributed by atoms with Crippen LogP contribution in [0.3, 0.4) is 0 Å². The standard InChI is InChI=1S/C14H19ClFNO/c15-14-12(4-1-5-13(14)16)10-18-8-6-11-3-2-7-17-9-11/h1,4-5,11,17H,2-3,6-10H2. The second kappa shape index (κ2) is 7.07. The minimum atomic E-state index is -0.380. The lowest BCUT2D eigenvalue weighted by Gasteiger charge is -2.22. The van der Waals surface area contributed by atoms with E-state index < -0.39 is 0 Å². The number of hydrogen-bond acceptors (Lipinski definition) is 2. The average Bonchev–Trinajstić information content (AvgIpc) is 2.40. The van der Waals surface area contributed by atoms with Gasteiger partial charge >= 0.3 is 0 Å². The van der Waals surface area contributed by atoms with E-state index in [-0.39, 0.29) is 10.8 Å². The first-order valence-electron chi connectivity index (χ1n) is 6.48. The summed E-state index contributed by atoms with van der Waals surface area (Å²) in [4.78, 5) is 0. The van der Waals surface area contributed by atoms with E-state index in [0.29, 0.717) is 19.1 Å². The Balaban J connectivity index is 1.70. The van der Waals surface area contributed by atoms with Crippen LogP contribution in [0.1, 0.15) is 24.8 Å². The van der Waals surface area contributed by atoms with Gasteiger partial charge in [-0.05, 0) is 49.9 Å². The SMILES string of the molecule is Fc1cccc(COCCC2CCCNC2)c1Cl. The van der Waals surface area contributed by atoms with E-state index >= 15 is 0 Å². The van der Waals surface area contributed by atoms with E-state index in [1.165, 1.54) is 18.9 Å². The van der Waals surface area contributed by atoms with Crippen molar-refractivity contribution < 1.29 is 9.13 Å². The quantitative estimate of drug-likeness (QED) is 0.829. The van der Waals surface area contributed by atoms with Crippen molar-refractivity contribution in [3.63, 3.8) is 0 Å². The van der Waals surface area contributed by atoms with Gasteiger partial charge in [-0.2, -0.15) is 0 Å². The van der Waals surface area contributed by atoms with E-state index in [4.69, 9.17) is 16.3 Å². The molecule has 1 atom stereocenters. The molecule has 1 N–H and O–H groups in total. The Bertz CT molecular complexity index is 380. The lowest BCUT2D eigenvalue weighted by molar-refractivity contribution is 0.103. The van der Waals surface area contributed by atoms with Crippen molar-refractivity contribution in [1.82, 2.24) is 5.32 Å². The molecule has 0 aliphatic carbocycles. The zero-order valence-electron chi connectivity index (χ0n) is 10.4. The first kappa shape index (κ1) is 13.8. The van der Waals surface area contributed by atoms with E-state index in [0.717, 1.165) is 25.1 Å². The molecule has 2 rings (SSSR count). The van der Waals surface area contributed by atoms with Gasteiger partial charge in [0.2, 0.25) is 0 Å². The number of ether oxygens (including phenoxy) is 1. The van der Waals surface area contributed by atoms with Crippen LogP contribution >= 0.6 is 11.6 Å². The summed E-state index contributed by atoms with van der Waals surface area (Å²) in [5.41, 5.74) is 0.721. The van der Waals surface area contributed by atoms with Crippen molar-refractivity contribution in [1.29, 1.82) is 0 Å². The Morgan fingerprint density at radius 3 is 3.11 bits per heavy atom. The van der Waals surface area contributed by atoms with Crippen molar-refractivity contribution in [3.8, 4) is 0 Å². The highest BCUT2D eigenvalue weighted by molar-refractivity contribution is 6.31. The van der Waals surface area contributed by atoms with Gasteiger partial charge in [-0.25, -0.2) is 4.39 Å². The minimum Gasteiger partial charge on any atom is -0.377 e. The molecule has 1 fully saturated rings. The van der Waals surface area contributed by atoms with Crippen molar-refractivity contribution >= 4 is 11.6 Å². The van der Waals surface area contributed by atoms with E-state index in [1.54, 1.807) is 12.1 Å². The highest BCUT2D eigenvalue weighted by Crippen LogP contribution is 2.20. The predicted octanol–water partition coefficient (Wildman–Crippen LogP) is 3.39. The van der Waals surface area contributed by atoms with Crippen LogP contribution < -0.4 is 5.32 Å². The largest absolute Gasteiger partial charge is 0.377 e. The summed E-state index contributed by atoms with van der Waals surface area (Å²) in [6.07, 6.45) is 3.58. The fourth-order valence-corrected chi connectivity index (χ4v) is 2.44. The Hall–Kier alpha value is -0.640. The summed E-state index contributed by atoms with van der Waals surface area (Å²) >= 11 is 5.86. The first-order valence-corrected chi connectivity index (χ1v) is 6.86. The fraction of sp³-hybridized carbons (Fsp3) is 0.571. The number of benzene rings is 1. The van der Waals surface area contributed by atoms with Crippen LogP contribution in [0.2, 0.25) is 5.02 Å². The molecule has 0 amide bonds. The number of hydrogen-bond donors (Lipinski definition) is 1. The summed E-state index contributed by atoms with van der Waals surface area (Å²) < 4.78 is 18.8. The molecule has 0 spiro atoms. The van der Waals surface area contributed by atoms with Gasteiger partial charge in [-0.15, -0.1) is 0 Å². The second-order valence-corrected chi connectivity index (χ2v) is 5.14. The maximum absolute atomic E-state index is 13.2. The maximum atomic E-state index is 13.2. The molecule has 0 radical (unpaired) electrons. The number of piperidine rings is 1. The number of nitrogens with one attached hydrogen (secondary N) is 1. The molecule has 1 aromatic carbocycles. The first-order chi connectivity index (χ1) is 8.77. The van der Waals surface area contributed by atoms with Gasteiger partial charge in [0.25, 0.3) is 0 Å². The molecule has 100 valence electrons. The molecule has 1 unspecified atom stereocenters. The molecule has 18 heavy (non-hydrogen) atoms. The van der Waals surface area contributed by atoms with Crippen LogP contribution in [0.4, 0.5) is 4.39 Å². The van der Waals surface area contributed by atoms with Crippen molar-refractivity contribution in [3.05, 3.63) is 34.6 Å². The Labute approximate surface area is 112 Å². The van der Waals surface area contributed by atoms with Crippen molar-refractivity contribution in [2.75, 3.05) is 19.7 Å². The molecule has 2 nitrogen and oxygen atoms in total. The molecule has 1 aromatic rings. The smallest absolute Gasteiger partial charge is 0.142 e. The van der Waals surface area contributed by atoms with Crippen LogP contribution in [0.25, 0.3) is 0 Å². The topological polar surface area (TPSA) is 21.3 Å². The van der Waals surface area contributed by atoms with Gasteiger partial charge in [0, 0.05) is 6.61 Å². The van der Waals surface area contributed by atoms with E-state index in [9.17, 15) is 4.39 Å². The fourth-order valence-electron chi connectivity index (χ4n) is 2.26. The van der Waals surface area contributed by atoms with Gasteiger partial charge in [-0.3, -0.25) is 0 Å². The predicted molar refractivity (Wildman–Crippen MR) is 71.3 cm³/mol. The second-order valence-electron chi connectivity index (χ2n) is 4.77. The van der Waals surface area contributed by atoms with Gasteiger partial charge in [-0.1, -0.05) is 23.7 Å². The zero-order chi connectivity index (χ0) is 12.8. The number of rotatable bonds is 5. The lowest BCUT2D eigenvalue weighted by Crippen LogP contribution is -2.30. The van der Waals surface area contributed by atoms with Crippen LogP contribution in [-0.4, -0.2) is 19.7 Å². The molecule has 0 aromatic heterocycles. The molecule has 0 bridgehead atoms. The molecular formula is C14H19ClFNO. The summed E-state index contributed by atoms with van der Waals surface area (Å²) in [6, 6.07) is 4.82. The molecule has 0 saturated carbocycles. The minimum absolute atomic E-state index is 0.178. The van der Waals surface area contributed by atoms with E-state index in [1.807, 2.05) is 0 Å². The molecular weight excluding hydrogens is 253 g/mol. The lowest BCUT2D eigenvalue weighted by atomic mass is 9.97. The molecule has 1 saturated heterocycles. The average molecular weight is 272 g/mol. The summed E-state index contributed by atoms with van der Waals surface area (Å²) in [6.45, 7) is 3.32. The maximum Gasteiger partial charge on any atom is 0.142 e. The highest BCUT2D eigenvalue weighted by atomic mass is 35.5. The Kier molecular flexibility index (Phi) is 5.42. The van der Waals surface area contributed by atoms with Crippen LogP contribution in [0, 0.1) is 11.7 Å². The van der Waals surface area contributed by atoms with Gasteiger partial charge < -0.3 is 10.1 Å². The van der Waals surface area contributed by atoms with Crippen LogP contribution in [0.5, 0.6) is 0 Å². The summed E-state index contributed by atoms with van der Waals surface area (Å²) in [5.74, 6) is 0.330.